The molecular formula is C11H19F3N2OS. The molecule has 2 atom stereocenters. The van der Waals surface area contributed by atoms with Gasteiger partial charge in [0.25, 0.3) is 0 Å². The van der Waals surface area contributed by atoms with Crippen molar-refractivity contribution >= 4 is 17.2 Å². The fourth-order valence-corrected chi connectivity index (χ4v) is 2.45. The van der Waals surface area contributed by atoms with Crippen molar-refractivity contribution in [1.29, 1.82) is 0 Å². The minimum atomic E-state index is -4.38. The molecule has 2 N–H and O–H groups in total. The SMILES string of the molecule is COC1(C)CCCN(CC(C(N)=S)C(F)(F)F)C1. The van der Waals surface area contributed by atoms with E-state index in [9.17, 15) is 13.2 Å². The van der Waals surface area contributed by atoms with E-state index in [0.29, 0.717) is 13.1 Å². The Labute approximate surface area is 110 Å². The summed E-state index contributed by atoms with van der Waals surface area (Å²) in [5, 5.41) is 0. The average molecular weight is 284 g/mol. The van der Waals surface area contributed by atoms with Crippen LogP contribution in [0, 0.1) is 5.92 Å². The fraction of sp³-hybridized carbons (Fsp3) is 0.909. The lowest BCUT2D eigenvalue weighted by Gasteiger charge is -2.40. The summed E-state index contributed by atoms with van der Waals surface area (Å²) in [5.41, 5.74) is 4.81. The third-order valence-electron chi connectivity index (χ3n) is 3.41. The zero-order valence-corrected chi connectivity index (χ0v) is 11.4. The highest BCUT2D eigenvalue weighted by atomic mass is 32.1. The second-order valence-corrected chi connectivity index (χ2v) is 5.46. The maximum absolute atomic E-state index is 12.8. The Hall–Kier alpha value is -0.400. The minimum absolute atomic E-state index is 0.183. The van der Waals surface area contributed by atoms with Crippen LogP contribution in [-0.2, 0) is 4.74 Å². The van der Waals surface area contributed by atoms with Crippen LogP contribution in [0.25, 0.3) is 0 Å². The van der Waals surface area contributed by atoms with Gasteiger partial charge >= 0.3 is 6.18 Å². The van der Waals surface area contributed by atoms with Gasteiger partial charge in [0, 0.05) is 20.2 Å². The zero-order chi connectivity index (χ0) is 14.0. The number of piperidine rings is 1. The lowest BCUT2D eigenvalue weighted by atomic mass is 9.93. The number of nitrogens with two attached hydrogens (primary N) is 1. The molecule has 0 aromatic rings. The number of hydrogen-bond donors (Lipinski definition) is 1. The highest BCUT2D eigenvalue weighted by molar-refractivity contribution is 7.80. The van der Waals surface area contributed by atoms with Crippen LogP contribution in [0.2, 0.25) is 0 Å². The zero-order valence-electron chi connectivity index (χ0n) is 10.6. The normalized spacial score (nSPS) is 28.1. The van der Waals surface area contributed by atoms with Gasteiger partial charge in [-0.05, 0) is 26.3 Å². The molecule has 1 heterocycles. The van der Waals surface area contributed by atoms with Crippen molar-refractivity contribution in [2.24, 2.45) is 11.7 Å². The van der Waals surface area contributed by atoms with Crippen LogP contribution in [0.4, 0.5) is 13.2 Å². The van der Waals surface area contributed by atoms with E-state index < -0.39 is 17.1 Å². The van der Waals surface area contributed by atoms with Gasteiger partial charge in [-0.3, -0.25) is 4.90 Å². The van der Waals surface area contributed by atoms with E-state index in [1.807, 2.05) is 6.92 Å². The van der Waals surface area contributed by atoms with Crippen LogP contribution in [0.15, 0.2) is 0 Å². The van der Waals surface area contributed by atoms with Crippen LogP contribution in [0.5, 0.6) is 0 Å². The van der Waals surface area contributed by atoms with E-state index in [4.69, 9.17) is 10.5 Å². The molecule has 1 aliphatic rings. The van der Waals surface area contributed by atoms with Crippen LogP contribution in [0.3, 0.4) is 0 Å². The van der Waals surface area contributed by atoms with Crippen molar-refractivity contribution in [3.63, 3.8) is 0 Å². The summed E-state index contributed by atoms with van der Waals surface area (Å²) in [6.07, 6.45) is -2.72. The molecule has 0 radical (unpaired) electrons. The maximum atomic E-state index is 12.8. The Morgan fingerprint density at radius 2 is 2.17 bits per heavy atom. The molecule has 7 heteroatoms. The standard InChI is InChI=1S/C11H19F3N2OS/c1-10(17-2)4-3-5-16(7-10)6-8(9(15)18)11(12,13)14/h8H,3-7H2,1-2H3,(H2,15,18). The number of thiocarbonyl (C=S) groups is 1. The number of halogens is 3. The summed E-state index contributed by atoms with van der Waals surface area (Å²) in [4.78, 5) is 1.23. The molecule has 106 valence electrons. The average Bonchev–Trinajstić information content (AvgIpc) is 2.24. The maximum Gasteiger partial charge on any atom is 0.399 e. The third kappa shape index (κ3) is 4.07. The summed E-state index contributed by atoms with van der Waals surface area (Å²) in [6, 6.07) is 0. The van der Waals surface area contributed by atoms with Crippen molar-refractivity contribution in [3.8, 4) is 0 Å². The topological polar surface area (TPSA) is 38.5 Å². The summed E-state index contributed by atoms with van der Waals surface area (Å²) < 4.78 is 43.7. The second kappa shape index (κ2) is 5.71. The van der Waals surface area contributed by atoms with Crippen LogP contribution >= 0.6 is 12.2 Å². The molecule has 0 aromatic heterocycles. The molecule has 0 spiro atoms. The summed E-state index contributed by atoms with van der Waals surface area (Å²) in [5.74, 6) is -1.74. The van der Waals surface area contributed by atoms with Gasteiger partial charge in [-0.25, -0.2) is 0 Å². The molecule has 1 rings (SSSR count). The van der Waals surface area contributed by atoms with Gasteiger partial charge in [-0.1, -0.05) is 12.2 Å². The molecule has 18 heavy (non-hydrogen) atoms. The molecule has 0 aromatic carbocycles. The first-order valence-electron chi connectivity index (χ1n) is 5.81. The van der Waals surface area contributed by atoms with Gasteiger partial charge in [0.15, 0.2) is 0 Å². The molecule has 1 fully saturated rings. The third-order valence-corrected chi connectivity index (χ3v) is 3.69. The lowest BCUT2D eigenvalue weighted by molar-refractivity contribution is -0.163. The molecular weight excluding hydrogens is 265 g/mol. The first-order chi connectivity index (χ1) is 8.18. The van der Waals surface area contributed by atoms with Gasteiger partial charge in [-0.2, -0.15) is 13.2 Å². The highest BCUT2D eigenvalue weighted by Gasteiger charge is 2.44. The highest BCUT2D eigenvalue weighted by Crippen LogP contribution is 2.30. The summed E-state index contributed by atoms with van der Waals surface area (Å²) in [7, 11) is 1.58. The van der Waals surface area contributed by atoms with Crippen LogP contribution in [-0.4, -0.2) is 48.4 Å². The molecule has 1 saturated heterocycles. The van der Waals surface area contributed by atoms with Gasteiger partial charge in [-0.15, -0.1) is 0 Å². The Bertz CT molecular complexity index is 311. The first-order valence-corrected chi connectivity index (χ1v) is 6.22. The van der Waals surface area contributed by atoms with Gasteiger partial charge in [0.05, 0.1) is 10.6 Å². The van der Waals surface area contributed by atoms with Crippen molar-refractivity contribution in [2.75, 3.05) is 26.7 Å². The van der Waals surface area contributed by atoms with Crippen molar-refractivity contribution in [2.45, 2.75) is 31.5 Å². The van der Waals surface area contributed by atoms with Gasteiger partial charge in [0.1, 0.15) is 5.92 Å². The van der Waals surface area contributed by atoms with E-state index in [0.717, 1.165) is 12.8 Å². The lowest BCUT2D eigenvalue weighted by Crippen LogP contribution is -2.51. The molecule has 2 unspecified atom stereocenters. The number of likely N-dealkylation sites (tertiary alicyclic amines) is 1. The largest absolute Gasteiger partial charge is 0.399 e. The van der Waals surface area contributed by atoms with E-state index >= 15 is 0 Å². The Balaban J connectivity index is 2.68. The van der Waals surface area contributed by atoms with Crippen molar-refractivity contribution in [3.05, 3.63) is 0 Å². The number of ether oxygens (including phenoxy) is 1. The number of rotatable bonds is 4. The number of methoxy groups -OCH3 is 1. The first kappa shape index (κ1) is 15.7. The van der Waals surface area contributed by atoms with Gasteiger partial charge < -0.3 is 10.5 Å². The second-order valence-electron chi connectivity index (χ2n) is 4.99. The fourth-order valence-electron chi connectivity index (χ4n) is 2.24. The van der Waals surface area contributed by atoms with E-state index in [1.54, 1.807) is 12.0 Å². The predicted molar refractivity (Wildman–Crippen MR) is 67.4 cm³/mol. The molecule has 0 bridgehead atoms. The molecule has 0 amide bonds. The quantitative estimate of drug-likeness (QED) is 0.801. The Kier molecular flexibility index (Phi) is 4.97. The van der Waals surface area contributed by atoms with E-state index in [2.05, 4.69) is 12.2 Å². The van der Waals surface area contributed by atoms with Crippen molar-refractivity contribution in [1.82, 2.24) is 4.90 Å². The van der Waals surface area contributed by atoms with Crippen LogP contribution in [0.1, 0.15) is 19.8 Å². The number of alkyl halides is 3. The summed E-state index contributed by atoms with van der Waals surface area (Å²) >= 11 is 4.52. The minimum Gasteiger partial charge on any atom is -0.393 e. The molecule has 0 saturated carbocycles. The predicted octanol–water partition coefficient (Wildman–Crippen LogP) is 1.95. The van der Waals surface area contributed by atoms with Gasteiger partial charge in [0.2, 0.25) is 0 Å². The summed E-state index contributed by atoms with van der Waals surface area (Å²) in [6.45, 7) is 2.81. The van der Waals surface area contributed by atoms with Crippen molar-refractivity contribution < 1.29 is 17.9 Å². The van der Waals surface area contributed by atoms with E-state index in [-0.39, 0.29) is 12.1 Å². The molecule has 1 aliphatic heterocycles. The molecule has 0 aliphatic carbocycles. The Morgan fingerprint density at radius 3 is 2.61 bits per heavy atom. The van der Waals surface area contributed by atoms with E-state index in [1.165, 1.54) is 0 Å². The smallest absolute Gasteiger partial charge is 0.393 e. The number of hydrogen-bond acceptors (Lipinski definition) is 3. The molecule has 3 nitrogen and oxygen atoms in total. The number of nitrogens with zero attached hydrogens (tertiary/aromatic N) is 1. The monoisotopic (exact) mass is 284 g/mol. The Morgan fingerprint density at radius 1 is 1.56 bits per heavy atom. The van der Waals surface area contributed by atoms with Crippen LogP contribution < -0.4 is 5.73 Å².